The summed E-state index contributed by atoms with van der Waals surface area (Å²) in [5.74, 6) is 0.0343. The van der Waals surface area contributed by atoms with E-state index in [9.17, 15) is 14.4 Å². The summed E-state index contributed by atoms with van der Waals surface area (Å²) < 4.78 is 16.9. The van der Waals surface area contributed by atoms with Crippen molar-refractivity contribution >= 4 is 17.9 Å². The topological polar surface area (TPSA) is 78.9 Å². The highest BCUT2D eigenvalue weighted by atomic mass is 16.6. The Morgan fingerprint density at radius 3 is 0.800 bits per heavy atom. The third-order valence-corrected chi connectivity index (χ3v) is 13.9. The second-order valence-electron chi connectivity index (χ2n) is 20.5. The molecule has 0 amide bonds. The fraction of sp³-hybridized carbons (Fsp3) is 0.949. The van der Waals surface area contributed by atoms with E-state index < -0.39 is 6.10 Å². The molecule has 0 fully saturated rings. The molecule has 0 aromatic rings. The molecule has 0 saturated carbocycles. The molecular weight excluding hydrogens is 805 g/mol. The van der Waals surface area contributed by atoms with Gasteiger partial charge in [0.05, 0.1) is 0 Å². The van der Waals surface area contributed by atoms with Crippen molar-refractivity contribution in [3.63, 3.8) is 0 Å². The van der Waals surface area contributed by atoms with E-state index in [4.69, 9.17) is 14.2 Å². The molecule has 6 heteroatoms. The first-order valence-corrected chi connectivity index (χ1v) is 29.4. The van der Waals surface area contributed by atoms with Gasteiger partial charge < -0.3 is 14.2 Å². The van der Waals surface area contributed by atoms with Crippen LogP contribution in [-0.4, -0.2) is 37.2 Å². The number of rotatable bonds is 54. The fourth-order valence-corrected chi connectivity index (χ4v) is 9.07. The monoisotopic (exact) mass is 919 g/mol. The minimum absolute atomic E-state index is 0.0619. The van der Waals surface area contributed by atoms with Gasteiger partial charge in [0.2, 0.25) is 0 Å². The maximum absolute atomic E-state index is 12.8. The van der Waals surface area contributed by atoms with Gasteiger partial charge in [-0.2, -0.15) is 0 Å². The van der Waals surface area contributed by atoms with Gasteiger partial charge in [0.1, 0.15) is 13.2 Å². The van der Waals surface area contributed by atoms with E-state index in [2.05, 4.69) is 27.7 Å². The van der Waals surface area contributed by atoms with E-state index in [0.717, 1.165) is 63.7 Å². The molecule has 0 aromatic carbocycles. The largest absolute Gasteiger partial charge is 0.462 e. The second-order valence-corrected chi connectivity index (χ2v) is 20.5. The van der Waals surface area contributed by atoms with Crippen LogP contribution in [0.15, 0.2) is 0 Å². The highest BCUT2D eigenvalue weighted by Gasteiger charge is 2.19. The van der Waals surface area contributed by atoms with E-state index in [0.29, 0.717) is 19.3 Å². The van der Waals surface area contributed by atoms with Crippen LogP contribution in [-0.2, 0) is 28.6 Å². The Labute approximate surface area is 406 Å². The van der Waals surface area contributed by atoms with Crippen LogP contribution >= 0.6 is 0 Å². The first kappa shape index (κ1) is 63.4. The van der Waals surface area contributed by atoms with Crippen LogP contribution in [0.25, 0.3) is 0 Å². The number of hydrogen-bond donors (Lipinski definition) is 0. The molecule has 0 aromatic heterocycles. The summed E-state index contributed by atoms with van der Waals surface area (Å²) in [7, 11) is 0. The maximum atomic E-state index is 12.8. The predicted octanol–water partition coefficient (Wildman–Crippen LogP) is 19.4. The number of ether oxygens (including phenoxy) is 3. The Hall–Kier alpha value is -1.59. The molecule has 0 bridgehead atoms. The molecule has 1 unspecified atom stereocenters. The van der Waals surface area contributed by atoms with E-state index in [-0.39, 0.29) is 31.1 Å². The van der Waals surface area contributed by atoms with Crippen LogP contribution in [0.4, 0.5) is 0 Å². The summed E-state index contributed by atoms with van der Waals surface area (Å²) in [6.45, 7) is 9.08. The Kier molecular flexibility index (Phi) is 52.1. The molecule has 0 aliphatic heterocycles. The average Bonchev–Trinajstić information content (AvgIpc) is 3.30. The van der Waals surface area contributed by atoms with Gasteiger partial charge in [-0.25, -0.2) is 0 Å². The molecule has 0 saturated heterocycles. The van der Waals surface area contributed by atoms with E-state index >= 15 is 0 Å². The molecular formula is C59H114O6. The van der Waals surface area contributed by atoms with Gasteiger partial charge in [0, 0.05) is 19.3 Å². The first-order chi connectivity index (χ1) is 31.9. The molecule has 0 spiro atoms. The maximum Gasteiger partial charge on any atom is 0.306 e. The highest BCUT2D eigenvalue weighted by Crippen LogP contribution is 2.18. The van der Waals surface area contributed by atoms with Crippen LogP contribution in [0, 0.1) is 5.92 Å². The van der Waals surface area contributed by atoms with Crippen molar-refractivity contribution in [3.8, 4) is 0 Å². The van der Waals surface area contributed by atoms with Crippen molar-refractivity contribution in [1.29, 1.82) is 0 Å². The lowest BCUT2D eigenvalue weighted by Crippen LogP contribution is -2.30. The number of esters is 3. The minimum Gasteiger partial charge on any atom is -0.462 e. The lowest BCUT2D eigenvalue weighted by Gasteiger charge is -2.18. The summed E-state index contributed by atoms with van der Waals surface area (Å²) in [4.78, 5) is 38.1. The van der Waals surface area contributed by atoms with Crippen molar-refractivity contribution < 1.29 is 28.6 Å². The molecule has 0 heterocycles. The molecule has 0 aliphatic rings. The fourth-order valence-electron chi connectivity index (χ4n) is 9.07. The smallest absolute Gasteiger partial charge is 0.306 e. The van der Waals surface area contributed by atoms with Crippen molar-refractivity contribution in [2.45, 2.75) is 342 Å². The standard InChI is InChI=1S/C59H114O6/c1-5-8-10-12-14-16-18-20-22-23-24-25-26-28-29-34-38-42-46-50-57(60)63-53-56(65-59(62)52-48-44-40-36-30-27-21-19-17-15-13-11-9-6-2)54-64-58(61)51-47-43-39-35-32-31-33-37-41-45-49-55(4)7-3/h55-56H,5-54H2,1-4H3/t55?,56-/m1/s1. The van der Waals surface area contributed by atoms with Crippen LogP contribution in [0.3, 0.4) is 0 Å². The number of hydrogen-bond acceptors (Lipinski definition) is 6. The summed E-state index contributed by atoms with van der Waals surface area (Å²) in [5, 5.41) is 0. The van der Waals surface area contributed by atoms with Crippen LogP contribution in [0.2, 0.25) is 0 Å². The Morgan fingerprint density at radius 2 is 0.538 bits per heavy atom. The lowest BCUT2D eigenvalue weighted by molar-refractivity contribution is -0.167. The van der Waals surface area contributed by atoms with Gasteiger partial charge in [-0.05, 0) is 25.2 Å². The second kappa shape index (κ2) is 53.4. The zero-order valence-electron chi connectivity index (χ0n) is 44.5. The number of unbranched alkanes of at least 4 members (excludes halogenated alkanes) is 40. The van der Waals surface area contributed by atoms with E-state index in [1.165, 1.54) is 231 Å². The van der Waals surface area contributed by atoms with Crippen LogP contribution in [0.5, 0.6) is 0 Å². The van der Waals surface area contributed by atoms with Gasteiger partial charge in [-0.15, -0.1) is 0 Å². The van der Waals surface area contributed by atoms with Gasteiger partial charge >= 0.3 is 17.9 Å². The Balaban J connectivity index is 4.27. The summed E-state index contributed by atoms with van der Waals surface area (Å²) >= 11 is 0. The van der Waals surface area contributed by atoms with Crippen LogP contribution < -0.4 is 0 Å². The van der Waals surface area contributed by atoms with Crippen molar-refractivity contribution in [1.82, 2.24) is 0 Å². The van der Waals surface area contributed by atoms with Crippen molar-refractivity contribution in [2.24, 2.45) is 5.92 Å². The van der Waals surface area contributed by atoms with Gasteiger partial charge in [-0.1, -0.05) is 297 Å². The van der Waals surface area contributed by atoms with E-state index in [1.807, 2.05) is 0 Å². The Bertz CT molecular complexity index is 982. The zero-order valence-corrected chi connectivity index (χ0v) is 44.5. The molecule has 6 nitrogen and oxygen atoms in total. The normalized spacial score (nSPS) is 12.4. The predicted molar refractivity (Wildman–Crippen MR) is 280 cm³/mol. The highest BCUT2D eigenvalue weighted by molar-refractivity contribution is 5.71. The van der Waals surface area contributed by atoms with Crippen molar-refractivity contribution in [2.75, 3.05) is 13.2 Å². The third-order valence-electron chi connectivity index (χ3n) is 13.9. The van der Waals surface area contributed by atoms with Gasteiger partial charge in [-0.3, -0.25) is 14.4 Å². The average molecular weight is 920 g/mol. The third kappa shape index (κ3) is 51.6. The first-order valence-electron chi connectivity index (χ1n) is 29.4. The molecule has 386 valence electrons. The van der Waals surface area contributed by atoms with Crippen LogP contribution in [0.1, 0.15) is 336 Å². The van der Waals surface area contributed by atoms with Crippen molar-refractivity contribution in [3.05, 3.63) is 0 Å². The molecule has 65 heavy (non-hydrogen) atoms. The SMILES string of the molecule is CCCCCCCCCCCCCCCCCCCCCC(=O)OC[C@H](COC(=O)CCCCCCCCCCCCC(C)CC)OC(=O)CCCCCCCCCCCCCCCC. The zero-order chi connectivity index (χ0) is 47.4. The minimum atomic E-state index is -0.762. The number of carbonyl (C=O) groups is 3. The molecule has 0 rings (SSSR count). The van der Waals surface area contributed by atoms with Gasteiger partial charge in [0.25, 0.3) is 0 Å². The Morgan fingerprint density at radius 1 is 0.308 bits per heavy atom. The summed E-state index contributed by atoms with van der Waals surface area (Å²) in [6.07, 6.45) is 58.0. The quantitative estimate of drug-likeness (QED) is 0.0344. The summed E-state index contributed by atoms with van der Waals surface area (Å²) in [5.41, 5.74) is 0. The van der Waals surface area contributed by atoms with Gasteiger partial charge in [0.15, 0.2) is 6.10 Å². The van der Waals surface area contributed by atoms with E-state index in [1.54, 1.807) is 0 Å². The molecule has 0 N–H and O–H groups in total. The molecule has 0 radical (unpaired) electrons. The molecule has 0 aliphatic carbocycles. The molecule has 2 atom stereocenters. The number of carbonyl (C=O) groups excluding carboxylic acids is 3. The lowest BCUT2D eigenvalue weighted by atomic mass is 9.99. The summed E-state index contributed by atoms with van der Waals surface area (Å²) in [6, 6.07) is 0.